The molecule has 0 aromatic rings. The molecule has 0 saturated heterocycles. The molecule has 0 unspecified atom stereocenters. The van der Waals surface area contributed by atoms with Crippen molar-refractivity contribution in [3.63, 3.8) is 0 Å². The Morgan fingerprint density at radius 1 is 0.282 bits per heavy atom. The number of hydrogen-bond donors (Lipinski definition) is 15. The van der Waals surface area contributed by atoms with E-state index in [4.69, 9.17) is 72.2 Å². The highest BCUT2D eigenvalue weighted by molar-refractivity contribution is 5.75. The number of Topliss-reactive ketones (excluding diaryl/α,β-unsaturated/α-hetero) is 1. The Balaban J connectivity index is 4.25. The fourth-order valence-electron chi connectivity index (χ4n) is 6.56. The van der Waals surface area contributed by atoms with Crippen LogP contribution in [0.5, 0.6) is 0 Å². The maximum absolute atomic E-state index is 10.9. The van der Waals surface area contributed by atoms with E-state index in [9.17, 15) is 66.1 Å². The van der Waals surface area contributed by atoms with Crippen molar-refractivity contribution in [2.75, 3.05) is 218 Å². The lowest BCUT2D eigenvalue weighted by molar-refractivity contribution is -0.131. The van der Waals surface area contributed by atoms with Crippen molar-refractivity contribution in [3.05, 3.63) is 0 Å². The SMILES string of the molecule is CC(=O)CCOCCOCCOCCOCCOCCOCCN(CCOCCOCCOCCOCCOCCOCCN(C[C@H](O)[C@@H](O)[C@H](O)[C@H](O)CO)C[C@H](O)[C@@H](O)[C@H](O)[C@H](O)CO)C[C@H](O)[C@@H](O)[C@H](O)[C@H](O)CO. The van der Waals surface area contributed by atoms with Crippen LogP contribution < -0.4 is 0 Å². The molecule has 0 rings (SSSR count). The van der Waals surface area contributed by atoms with Crippen LogP contribution in [0.1, 0.15) is 13.3 Å². The summed E-state index contributed by atoms with van der Waals surface area (Å²) in [6.07, 6.45) is -20.7. The molecule has 0 aliphatic carbocycles. The lowest BCUT2D eigenvalue weighted by Crippen LogP contribution is -2.53. The molecule has 15 N–H and O–H groups in total. The van der Waals surface area contributed by atoms with Gasteiger partial charge in [-0.15, -0.1) is 0 Å². The van der Waals surface area contributed by atoms with E-state index < -0.39 is 106 Å². The second-order valence-electron chi connectivity index (χ2n) is 17.8. The fraction of sp³-hybridized carbons (Fsp3) is 0.979. The summed E-state index contributed by atoms with van der Waals surface area (Å²) in [6.45, 7) is 5.92. The van der Waals surface area contributed by atoms with Crippen LogP contribution in [0.3, 0.4) is 0 Å². The Morgan fingerprint density at radius 2 is 0.462 bits per heavy atom. The van der Waals surface area contributed by atoms with Crippen LogP contribution >= 0.6 is 0 Å². The van der Waals surface area contributed by atoms with Gasteiger partial charge in [-0.1, -0.05) is 0 Å². The number of carbonyl (C=O) groups excluding carboxylic acids is 1. The van der Waals surface area contributed by atoms with E-state index in [-0.39, 0.29) is 84.9 Å². The summed E-state index contributed by atoms with van der Waals surface area (Å²) < 4.78 is 66.0. The summed E-state index contributed by atoms with van der Waals surface area (Å²) >= 11 is 0. The summed E-state index contributed by atoms with van der Waals surface area (Å²) in [5.41, 5.74) is 0. The summed E-state index contributed by atoms with van der Waals surface area (Å²) in [4.78, 5) is 13.9. The number of carbonyl (C=O) groups is 1. The quantitative estimate of drug-likeness (QED) is 0.0252. The van der Waals surface area contributed by atoms with E-state index in [0.29, 0.717) is 112 Å². The van der Waals surface area contributed by atoms with E-state index in [1.807, 2.05) is 0 Å². The van der Waals surface area contributed by atoms with E-state index >= 15 is 0 Å². The van der Waals surface area contributed by atoms with Gasteiger partial charge >= 0.3 is 0 Å². The molecule has 78 heavy (non-hydrogen) atoms. The average Bonchev–Trinajstić information content (AvgIpc) is 3.43. The maximum Gasteiger partial charge on any atom is 0.132 e. The van der Waals surface area contributed by atoms with Crippen LogP contribution in [-0.4, -0.2) is 383 Å². The minimum Gasteiger partial charge on any atom is -0.394 e. The summed E-state index contributed by atoms with van der Waals surface area (Å²) in [7, 11) is 0. The van der Waals surface area contributed by atoms with Gasteiger partial charge in [0.1, 0.15) is 60.7 Å². The summed E-state index contributed by atoms with van der Waals surface area (Å²) in [5, 5.41) is 148. The van der Waals surface area contributed by atoms with Crippen molar-refractivity contribution in [3.8, 4) is 0 Å². The zero-order valence-corrected chi connectivity index (χ0v) is 45.4. The van der Waals surface area contributed by atoms with Crippen molar-refractivity contribution < 1.29 is 138 Å². The van der Waals surface area contributed by atoms with Crippen LogP contribution in [0.25, 0.3) is 0 Å². The third-order valence-corrected chi connectivity index (χ3v) is 11.3. The number of rotatable bonds is 60. The number of nitrogens with zero attached hydrogens (tertiary/aromatic N) is 2. The zero-order valence-electron chi connectivity index (χ0n) is 45.4. The van der Waals surface area contributed by atoms with E-state index in [2.05, 4.69) is 0 Å². The molecule has 30 heteroatoms. The van der Waals surface area contributed by atoms with Gasteiger partial charge in [0.05, 0.1) is 197 Å². The number of ether oxygens (including phenoxy) is 12. The highest BCUT2D eigenvalue weighted by atomic mass is 16.6. The molecule has 468 valence electrons. The Bertz CT molecular complexity index is 1280. The molecule has 0 heterocycles. The highest BCUT2D eigenvalue weighted by Crippen LogP contribution is 2.12. The molecule has 0 aromatic carbocycles. The third-order valence-electron chi connectivity index (χ3n) is 11.3. The third kappa shape index (κ3) is 41.5. The molecule has 0 aromatic heterocycles. The predicted molar refractivity (Wildman–Crippen MR) is 271 cm³/mol. The van der Waals surface area contributed by atoms with Crippen molar-refractivity contribution >= 4 is 5.78 Å². The molecule has 0 amide bonds. The largest absolute Gasteiger partial charge is 0.394 e. The van der Waals surface area contributed by atoms with Gasteiger partial charge in [0.2, 0.25) is 0 Å². The van der Waals surface area contributed by atoms with Gasteiger partial charge in [-0.3, -0.25) is 14.6 Å². The fourth-order valence-corrected chi connectivity index (χ4v) is 6.56. The van der Waals surface area contributed by atoms with Gasteiger partial charge in [0.25, 0.3) is 0 Å². The molecule has 0 bridgehead atoms. The second kappa shape index (κ2) is 52.3. The Labute approximate surface area is 457 Å². The smallest absolute Gasteiger partial charge is 0.132 e. The van der Waals surface area contributed by atoms with Crippen LogP contribution in [0, 0.1) is 0 Å². The van der Waals surface area contributed by atoms with Crippen molar-refractivity contribution in [1.29, 1.82) is 0 Å². The maximum atomic E-state index is 10.9. The lowest BCUT2D eigenvalue weighted by Gasteiger charge is -2.33. The van der Waals surface area contributed by atoms with Crippen LogP contribution in [0.2, 0.25) is 0 Å². The molecule has 0 saturated carbocycles. The molecule has 30 nitrogen and oxygen atoms in total. The molecule has 0 radical (unpaired) electrons. The normalized spacial score (nSPS) is 16.9. The monoisotopic (exact) mass is 1150 g/mol. The van der Waals surface area contributed by atoms with Crippen LogP contribution in [0.15, 0.2) is 0 Å². The first-order valence-electron chi connectivity index (χ1n) is 26.4. The molecular weight excluding hydrogens is 1050 g/mol. The molecular formula is C48H98N2O28. The molecule has 12 atom stereocenters. The van der Waals surface area contributed by atoms with E-state index in [1.54, 1.807) is 4.90 Å². The van der Waals surface area contributed by atoms with E-state index in [0.717, 1.165) is 0 Å². The van der Waals surface area contributed by atoms with E-state index in [1.165, 1.54) is 11.8 Å². The van der Waals surface area contributed by atoms with Gasteiger partial charge in [-0.2, -0.15) is 0 Å². The van der Waals surface area contributed by atoms with Gasteiger partial charge < -0.3 is 133 Å². The first-order valence-corrected chi connectivity index (χ1v) is 26.4. The predicted octanol–water partition coefficient (Wildman–Crippen LogP) is -8.92. The van der Waals surface area contributed by atoms with Gasteiger partial charge in [0, 0.05) is 45.7 Å². The standard InChI is InChI=1S/C48H98N2O28/c1-36(54)2-6-67-10-14-71-18-22-75-26-27-76-23-19-72-15-11-68-7-3-49(30-37(55)43(61)46(64)40(58)33-51)4-8-69-12-16-73-20-24-77-28-29-78-25-21-74-17-13-70-9-5-50(31-38(56)44(62)47(65)41(59)34-52)32-39(57)45(63)48(66)42(60)35-53/h37-48,51-53,55-66H,2-35H2,1H3/t37-,38-,39-,40+,41+,42+,43+,44+,45+,46+,47+,48+/m0/s1. The van der Waals surface area contributed by atoms with Gasteiger partial charge in [0.15, 0.2) is 0 Å². The molecule has 0 aliphatic rings. The topological polar surface area (TPSA) is 438 Å². The zero-order chi connectivity index (χ0) is 58.2. The van der Waals surface area contributed by atoms with Crippen LogP contribution in [-0.2, 0) is 61.6 Å². The van der Waals surface area contributed by atoms with Crippen molar-refractivity contribution in [1.82, 2.24) is 9.80 Å². The highest BCUT2D eigenvalue weighted by Gasteiger charge is 2.35. The number of aliphatic hydroxyl groups excluding tert-OH is 15. The Kier molecular flexibility index (Phi) is 51.3. The number of aliphatic hydroxyl groups is 15. The summed E-state index contributed by atoms with van der Waals surface area (Å²) in [6, 6.07) is 0. The lowest BCUT2D eigenvalue weighted by atomic mass is 10.0. The minimum atomic E-state index is -1.90. The van der Waals surface area contributed by atoms with Gasteiger partial charge in [-0.25, -0.2) is 0 Å². The van der Waals surface area contributed by atoms with Crippen LogP contribution in [0.4, 0.5) is 0 Å². The molecule has 0 fully saturated rings. The second-order valence-corrected chi connectivity index (χ2v) is 17.8. The first-order chi connectivity index (χ1) is 37.5. The number of hydrogen-bond acceptors (Lipinski definition) is 30. The van der Waals surface area contributed by atoms with Crippen molar-refractivity contribution in [2.45, 2.75) is 86.6 Å². The Hall–Kier alpha value is -1.49. The Morgan fingerprint density at radius 3 is 0.679 bits per heavy atom. The molecule has 0 aliphatic heterocycles. The minimum absolute atomic E-state index is 0.00167. The number of ketones is 1. The first kappa shape index (κ1) is 76.5. The molecule has 0 spiro atoms. The van der Waals surface area contributed by atoms with Gasteiger partial charge in [-0.05, 0) is 6.92 Å². The summed E-state index contributed by atoms with van der Waals surface area (Å²) in [5.74, 6) is 0.0844. The average molecular weight is 1150 g/mol. The van der Waals surface area contributed by atoms with Crippen molar-refractivity contribution in [2.24, 2.45) is 0 Å².